The maximum absolute atomic E-state index is 12.2. The zero-order valence-corrected chi connectivity index (χ0v) is 14.3. The summed E-state index contributed by atoms with van der Waals surface area (Å²) in [6.07, 6.45) is -3.76. The molecule has 0 saturated carbocycles. The summed E-state index contributed by atoms with van der Waals surface area (Å²) in [7, 11) is 2.39. The molecule has 1 fully saturated rings. The second-order valence-corrected chi connectivity index (χ2v) is 5.76. The minimum atomic E-state index is -1.38. The van der Waals surface area contributed by atoms with E-state index in [4.69, 9.17) is 14.2 Å². The van der Waals surface area contributed by atoms with Gasteiger partial charge in [-0.3, -0.25) is 0 Å². The van der Waals surface area contributed by atoms with Crippen LogP contribution in [0, 0.1) is 0 Å². The number of methoxy groups -OCH3 is 2. The molecule has 1 aromatic rings. The van der Waals surface area contributed by atoms with Crippen molar-refractivity contribution in [2.24, 2.45) is 0 Å². The summed E-state index contributed by atoms with van der Waals surface area (Å²) in [6.45, 7) is 1.38. The third kappa shape index (κ3) is 3.40. The Morgan fingerprint density at radius 3 is 2.20 bits per heavy atom. The standard InChI is InChI=1S/C16H23NO8/c1-4-5-7-9(14-13(20)12(19)8(6-18)25-14)11(16(22)24-3)17-10(7)15(21)23-2/h8,12-14,17-20H,4-6H2,1-3H3. The van der Waals surface area contributed by atoms with Crippen LogP contribution in [-0.2, 0) is 20.6 Å². The first kappa shape index (κ1) is 19.4. The average Bonchev–Trinajstić information content (AvgIpc) is 3.12. The minimum Gasteiger partial charge on any atom is -0.464 e. The van der Waals surface area contributed by atoms with Gasteiger partial charge in [0.1, 0.15) is 35.8 Å². The van der Waals surface area contributed by atoms with E-state index in [1.54, 1.807) is 0 Å². The maximum atomic E-state index is 12.2. The van der Waals surface area contributed by atoms with Gasteiger partial charge in [-0.1, -0.05) is 13.3 Å². The average molecular weight is 357 g/mol. The van der Waals surface area contributed by atoms with Crippen molar-refractivity contribution in [2.75, 3.05) is 20.8 Å². The van der Waals surface area contributed by atoms with Gasteiger partial charge in [0.05, 0.1) is 20.8 Å². The monoisotopic (exact) mass is 357 g/mol. The maximum Gasteiger partial charge on any atom is 0.354 e. The van der Waals surface area contributed by atoms with Gasteiger partial charge >= 0.3 is 11.9 Å². The fourth-order valence-electron chi connectivity index (χ4n) is 3.05. The lowest BCUT2D eigenvalue weighted by Gasteiger charge is -2.17. The predicted octanol–water partition coefficient (Wildman–Crippen LogP) is -0.306. The molecule has 9 heteroatoms. The molecule has 2 heterocycles. The number of rotatable bonds is 6. The van der Waals surface area contributed by atoms with Crippen LogP contribution < -0.4 is 0 Å². The lowest BCUT2D eigenvalue weighted by atomic mass is 9.95. The van der Waals surface area contributed by atoms with Crippen LogP contribution in [0.5, 0.6) is 0 Å². The lowest BCUT2D eigenvalue weighted by molar-refractivity contribution is -0.0232. The molecule has 9 nitrogen and oxygen atoms in total. The Morgan fingerprint density at radius 1 is 1.12 bits per heavy atom. The van der Waals surface area contributed by atoms with E-state index in [-0.39, 0.29) is 17.0 Å². The van der Waals surface area contributed by atoms with E-state index >= 15 is 0 Å². The summed E-state index contributed by atoms with van der Waals surface area (Å²) in [5, 5.41) is 29.6. The van der Waals surface area contributed by atoms with E-state index in [0.29, 0.717) is 18.4 Å². The van der Waals surface area contributed by atoms with Gasteiger partial charge in [-0.05, 0) is 12.0 Å². The molecule has 0 bridgehead atoms. The van der Waals surface area contributed by atoms with Gasteiger partial charge in [0.2, 0.25) is 0 Å². The number of nitrogens with one attached hydrogen (secondary N) is 1. The fourth-order valence-corrected chi connectivity index (χ4v) is 3.05. The molecule has 1 aliphatic heterocycles. The summed E-state index contributed by atoms with van der Waals surface area (Å²) in [5.41, 5.74) is 0.694. The van der Waals surface area contributed by atoms with E-state index in [2.05, 4.69) is 4.98 Å². The first-order valence-corrected chi connectivity index (χ1v) is 7.94. The van der Waals surface area contributed by atoms with Crippen LogP contribution in [0.4, 0.5) is 0 Å². The molecule has 1 aliphatic rings. The quantitative estimate of drug-likeness (QED) is 0.509. The lowest BCUT2D eigenvalue weighted by Crippen LogP contribution is -2.32. The molecule has 0 aromatic carbocycles. The zero-order chi connectivity index (χ0) is 18.7. The largest absolute Gasteiger partial charge is 0.464 e. The first-order valence-electron chi connectivity index (χ1n) is 7.94. The molecule has 0 radical (unpaired) electrons. The van der Waals surface area contributed by atoms with Crippen LogP contribution in [0.3, 0.4) is 0 Å². The van der Waals surface area contributed by atoms with E-state index in [1.807, 2.05) is 6.92 Å². The molecule has 2 rings (SSSR count). The number of aromatic amines is 1. The molecule has 4 atom stereocenters. The van der Waals surface area contributed by atoms with E-state index < -0.39 is 43.0 Å². The van der Waals surface area contributed by atoms with Crippen molar-refractivity contribution in [3.05, 3.63) is 22.5 Å². The molecule has 25 heavy (non-hydrogen) atoms. The third-order valence-electron chi connectivity index (χ3n) is 4.25. The molecule has 0 amide bonds. The van der Waals surface area contributed by atoms with Gasteiger partial charge in [0.15, 0.2) is 0 Å². The molecule has 1 saturated heterocycles. The molecular formula is C16H23NO8. The molecule has 1 aromatic heterocycles. The van der Waals surface area contributed by atoms with Crippen molar-refractivity contribution >= 4 is 11.9 Å². The normalized spacial score (nSPS) is 25.8. The van der Waals surface area contributed by atoms with Gasteiger partial charge < -0.3 is 34.5 Å². The van der Waals surface area contributed by atoms with Gasteiger partial charge in [-0.25, -0.2) is 9.59 Å². The minimum absolute atomic E-state index is 0.0545. The number of H-pyrrole nitrogens is 1. The highest BCUT2D eigenvalue weighted by atomic mass is 16.6. The molecule has 0 aliphatic carbocycles. The summed E-state index contributed by atoms with van der Waals surface area (Å²) in [6, 6.07) is 0. The number of hydrogen-bond acceptors (Lipinski definition) is 8. The molecule has 4 unspecified atom stereocenters. The van der Waals surface area contributed by atoms with Crippen LogP contribution in [0.2, 0.25) is 0 Å². The number of aromatic nitrogens is 1. The highest BCUT2D eigenvalue weighted by molar-refractivity contribution is 5.96. The highest BCUT2D eigenvalue weighted by Crippen LogP contribution is 2.39. The Kier molecular flexibility index (Phi) is 6.17. The van der Waals surface area contributed by atoms with Gasteiger partial charge in [0, 0.05) is 5.56 Å². The topological polar surface area (TPSA) is 138 Å². The number of esters is 2. The second kappa shape index (κ2) is 7.96. The fraction of sp³-hybridized carbons (Fsp3) is 0.625. The van der Waals surface area contributed by atoms with Crippen molar-refractivity contribution in [3.8, 4) is 0 Å². The Morgan fingerprint density at radius 2 is 1.72 bits per heavy atom. The van der Waals surface area contributed by atoms with Gasteiger partial charge in [0.25, 0.3) is 0 Å². The third-order valence-corrected chi connectivity index (χ3v) is 4.25. The molecule has 140 valence electrons. The number of carbonyl (C=O) groups is 2. The number of aliphatic hydroxyl groups is 3. The zero-order valence-electron chi connectivity index (χ0n) is 14.3. The van der Waals surface area contributed by atoms with Crippen LogP contribution in [0.1, 0.15) is 51.6 Å². The van der Waals surface area contributed by atoms with E-state index in [0.717, 1.165) is 0 Å². The SMILES string of the molecule is CCCc1c(C(=O)OC)[nH]c(C(=O)OC)c1C1OC(CO)C(O)C1O. The Hall–Kier alpha value is -1.94. The number of ether oxygens (including phenoxy) is 3. The van der Waals surface area contributed by atoms with Crippen LogP contribution in [0.25, 0.3) is 0 Å². The van der Waals surface area contributed by atoms with E-state index in [9.17, 15) is 24.9 Å². The van der Waals surface area contributed by atoms with Crippen molar-refractivity contribution in [3.63, 3.8) is 0 Å². The number of hydrogen-bond donors (Lipinski definition) is 4. The summed E-state index contributed by atoms with van der Waals surface area (Å²) in [5.74, 6) is -1.42. The van der Waals surface area contributed by atoms with Gasteiger partial charge in [-0.15, -0.1) is 0 Å². The Balaban J connectivity index is 2.62. The predicted molar refractivity (Wildman–Crippen MR) is 84.2 cm³/mol. The Bertz CT molecular complexity index is 640. The van der Waals surface area contributed by atoms with Crippen molar-refractivity contribution in [2.45, 2.75) is 44.2 Å². The van der Waals surface area contributed by atoms with Crippen LogP contribution in [-0.4, -0.2) is 71.4 Å². The summed E-state index contributed by atoms with van der Waals surface area (Å²) in [4.78, 5) is 26.9. The summed E-state index contributed by atoms with van der Waals surface area (Å²) >= 11 is 0. The van der Waals surface area contributed by atoms with E-state index in [1.165, 1.54) is 14.2 Å². The van der Waals surface area contributed by atoms with Crippen molar-refractivity contribution in [1.29, 1.82) is 0 Å². The van der Waals surface area contributed by atoms with Crippen molar-refractivity contribution < 1.29 is 39.1 Å². The van der Waals surface area contributed by atoms with Crippen LogP contribution in [0.15, 0.2) is 0 Å². The van der Waals surface area contributed by atoms with Crippen LogP contribution >= 0.6 is 0 Å². The molecule has 0 spiro atoms. The summed E-state index contributed by atoms with van der Waals surface area (Å²) < 4.78 is 15.0. The molecular weight excluding hydrogens is 334 g/mol. The first-order chi connectivity index (χ1) is 11.9. The number of carbonyl (C=O) groups excluding carboxylic acids is 2. The van der Waals surface area contributed by atoms with Crippen molar-refractivity contribution in [1.82, 2.24) is 4.98 Å². The second-order valence-electron chi connectivity index (χ2n) is 5.76. The Labute approximate surface area is 144 Å². The van der Waals surface area contributed by atoms with Gasteiger partial charge in [-0.2, -0.15) is 0 Å². The molecule has 4 N–H and O–H groups in total. The highest BCUT2D eigenvalue weighted by Gasteiger charge is 2.46. The smallest absolute Gasteiger partial charge is 0.354 e. The number of aliphatic hydroxyl groups excluding tert-OH is 3.